The number of thiophene rings is 1. The summed E-state index contributed by atoms with van der Waals surface area (Å²) in [7, 11) is 0. The standard InChI is InChI=1S/C10H12BrNO2S/c11-8-3-5-15-9(8)10(14)12-4-1-2-7(13)6-12/h3,5,7,13H,1-2,4,6H2/t7-/m0/s1. The highest BCUT2D eigenvalue weighted by molar-refractivity contribution is 9.10. The highest BCUT2D eigenvalue weighted by Gasteiger charge is 2.24. The van der Waals surface area contributed by atoms with E-state index in [1.165, 1.54) is 11.3 Å². The molecule has 1 fully saturated rings. The molecule has 1 aliphatic rings. The number of piperidine rings is 1. The maximum atomic E-state index is 12.0. The second-order valence-corrected chi connectivity index (χ2v) is 5.42. The molecule has 0 aromatic carbocycles. The van der Waals surface area contributed by atoms with Gasteiger partial charge in [0, 0.05) is 17.6 Å². The van der Waals surface area contributed by atoms with Gasteiger partial charge in [-0.05, 0) is 40.2 Å². The molecule has 5 heteroatoms. The van der Waals surface area contributed by atoms with E-state index in [-0.39, 0.29) is 12.0 Å². The third kappa shape index (κ3) is 2.41. The Morgan fingerprint density at radius 1 is 1.67 bits per heavy atom. The van der Waals surface area contributed by atoms with Crippen molar-refractivity contribution < 1.29 is 9.90 Å². The maximum absolute atomic E-state index is 12.0. The van der Waals surface area contributed by atoms with Gasteiger partial charge in [-0.15, -0.1) is 11.3 Å². The van der Waals surface area contributed by atoms with Gasteiger partial charge in [-0.2, -0.15) is 0 Å². The van der Waals surface area contributed by atoms with E-state index in [0.717, 1.165) is 28.7 Å². The first-order valence-corrected chi connectivity index (χ1v) is 6.56. The van der Waals surface area contributed by atoms with Gasteiger partial charge in [0.1, 0.15) is 4.88 Å². The van der Waals surface area contributed by atoms with Gasteiger partial charge in [-0.3, -0.25) is 4.79 Å². The van der Waals surface area contributed by atoms with Crippen molar-refractivity contribution in [3.8, 4) is 0 Å². The summed E-state index contributed by atoms with van der Waals surface area (Å²) in [6.45, 7) is 1.21. The highest BCUT2D eigenvalue weighted by atomic mass is 79.9. The van der Waals surface area contributed by atoms with Gasteiger partial charge in [0.05, 0.1) is 6.10 Å². The molecule has 1 amide bonds. The lowest BCUT2D eigenvalue weighted by atomic mass is 10.1. The average molecular weight is 290 g/mol. The van der Waals surface area contributed by atoms with Gasteiger partial charge in [0.25, 0.3) is 5.91 Å². The SMILES string of the molecule is O=C(c1sccc1Br)N1CCC[C@H](O)C1. The van der Waals surface area contributed by atoms with Crippen LogP contribution < -0.4 is 0 Å². The average Bonchev–Trinajstić information content (AvgIpc) is 2.63. The second-order valence-electron chi connectivity index (χ2n) is 3.64. The van der Waals surface area contributed by atoms with Crippen molar-refractivity contribution in [2.45, 2.75) is 18.9 Å². The van der Waals surface area contributed by atoms with Crippen LogP contribution in [-0.4, -0.2) is 35.1 Å². The van der Waals surface area contributed by atoms with Crippen molar-refractivity contribution in [1.82, 2.24) is 4.90 Å². The quantitative estimate of drug-likeness (QED) is 0.860. The zero-order valence-electron chi connectivity index (χ0n) is 8.15. The number of likely N-dealkylation sites (tertiary alicyclic amines) is 1. The van der Waals surface area contributed by atoms with Crippen LogP contribution in [0.3, 0.4) is 0 Å². The Labute approximate surface area is 101 Å². The fourth-order valence-corrected chi connectivity index (χ4v) is 3.24. The summed E-state index contributed by atoms with van der Waals surface area (Å²) < 4.78 is 0.845. The Hall–Kier alpha value is -0.390. The molecule has 15 heavy (non-hydrogen) atoms. The number of nitrogens with zero attached hydrogens (tertiary/aromatic N) is 1. The molecule has 1 saturated heterocycles. The Morgan fingerprint density at radius 3 is 3.07 bits per heavy atom. The Bertz CT molecular complexity index is 366. The second kappa shape index (κ2) is 4.63. The van der Waals surface area contributed by atoms with Crippen LogP contribution in [-0.2, 0) is 0 Å². The summed E-state index contributed by atoms with van der Waals surface area (Å²) in [6.07, 6.45) is 1.33. The lowest BCUT2D eigenvalue weighted by Crippen LogP contribution is -2.41. The van der Waals surface area contributed by atoms with Gasteiger partial charge in [0.2, 0.25) is 0 Å². The van der Waals surface area contributed by atoms with Crippen molar-refractivity contribution in [1.29, 1.82) is 0 Å². The summed E-state index contributed by atoms with van der Waals surface area (Å²) in [4.78, 5) is 14.5. The van der Waals surface area contributed by atoms with Crippen molar-refractivity contribution in [3.63, 3.8) is 0 Å². The fourth-order valence-electron chi connectivity index (χ4n) is 1.73. The molecule has 0 unspecified atom stereocenters. The molecule has 1 aromatic rings. The summed E-state index contributed by atoms with van der Waals surface area (Å²) in [5, 5.41) is 11.4. The number of rotatable bonds is 1. The van der Waals surface area contributed by atoms with Crippen molar-refractivity contribution in [3.05, 3.63) is 20.8 Å². The number of aliphatic hydroxyl groups is 1. The molecular weight excluding hydrogens is 278 g/mol. The number of hydrogen-bond acceptors (Lipinski definition) is 3. The summed E-state index contributed by atoms with van der Waals surface area (Å²) >= 11 is 4.78. The van der Waals surface area contributed by atoms with Crippen molar-refractivity contribution in [2.24, 2.45) is 0 Å². The third-order valence-corrected chi connectivity index (χ3v) is 4.32. The molecule has 1 aromatic heterocycles. The van der Waals surface area contributed by atoms with Crippen LogP contribution in [0.15, 0.2) is 15.9 Å². The van der Waals surface area contributed by atoms with Gasteiger partial charge in [-0.1, -0.05) is 0 Å². The highest BCUT2D eigenvalue weighted by Crippen LogP contribution is 2.25. The van der Waals surface area contributed by atoms with E-state index in [2.05, 4.69) is 15.9 Å². The van der Waals surface area contributed by atoms with Crippen LogP contribution >= 0.6 is 27.3 Å². The molecular formula is C10H12BrNO2S. The topological polar surface area (TPSA) is 40.5 Å². The van der Waals surface area contributed by atoms with Crippen molar-refractivity contribution >= 4 is 33.2 Å². The molecule has 1 aliphatic heterocycles. The zero-order chi connectivity index (χ0) is 10.8. The Kier molecular flexibility index (Phi) is 3.43. The number of β-amino-alcohol motifs (C(OH)–C–C–N with tert-alkyl or cyclic N) is 1. The molecule has 0 aliphatic carbocycles. The van der Waals surface area contributed by atoms with Gasteiger partial charge < -0.3 is 10.0 Å². The van der Waals surface area contributed by atoms with Gasteiger partial charge in [-0.25, -0.2) is 0 Å². The summed E-state index contributed by atoms with van der Waals surface area (Å²) in [6, 6.07) is 1.87. The molecule has 0 bridgehead atoms. The van der Waals surface area contributed by atoms with E-state index in [1.54, 1.807) is 4.90 Å². The van der Waals surface area contributed by atoms with Crippen LogP contribution in [0.25, 0.3) is 0 Å². The monoisotopic (exact) mass is 289 g/mol. The van der Waals surface area contributed by atoms with E-state index < -0.39 is 0 Å². The first-order chi connectivity index (χ1) is 7.18. The lowest BCUT2D eigenvalue weighted by Gasteiger charge is -2.29. The van der Waals surface area contributed by atoms with Gasteiger partial charge in [0.15, 0.2) is 0 Å². The predicted molar refractivity (Wildman–Crippen MR) is 63.2 cm³/mol. The molecule has 0 radical (unpaired) electrons. The molecule has 2 rings (SSSR count). The van der Waals surface area contributed by atoms with Crippen LogP contribution in [0.5, 0.6) is 0 Å². The van der Waals surface area contributed by atoms with Gasteiger partial charge >= 0.3 is 0 Å². The Morgan fingerprint density at radius 2 is 2.47 bits per heavy atom. The number of halogens is 1. The predicted octanol–water partition coefficient (Wildman–Crippen LogP) is 2.11. The smallest absolute Gasteiger partial charge is 0.265 e. The number of amides is 1. The first-order valence-electron chi connectivity index (χ1n) is 4.89. The number of carbonyl (C=O) groups is 1. The molecule has 0 saturated carbocycles. The van der Waals surface area contributed by atoms with E-state index in [0.29, 0.717) is 6.54 Å². The van der Waals surface area contributed by atoms with E-state index >= 15 is 0 Å². The van der Waals surface area contributed by atoms with Crippen molar-refractivity contribution in [2.75, 3.05) is 13.1 Å². The number of carbonyl (C=O) groups excluding carboxylic acids is 1. The fraction of sp³-hybridized carbons (Fsp3) is 0.500. The summed E-state index contributed by atoms with van der Waals surface area (Å²) in [5.74, 6) is 0.0237. The minimum atomic E-state index is -0.360. The molecule has 0 spiro atoms. The normalized spacial score (nSPS) is 21.7. The van der Waals surface area contributed by atoms with E-state index in [9.17, 15) is 9.90 Å². The third-order valence-electron chi connectivity index (χ3n) is 2.50. The van der Waals surface area contributed by atoms with Crippen LogP contribution in [0.4, 0.5) is 0 Å². The number of hydrogen-bond donors (Lipinski definition) is 1. The molecule has 1 N–H and O–H groups in total. The minimum absolute atomic E-state index is 0.0237. The Balaban J connectivity index is 2.11. The largest absolute Gasteiger partial charge is 0.391 e. The minimum Gasteiger partial charge on any atom is -0.391 e. The first kappa shape index (κ1) is 11.1. The van der Waals surface area contributed by atoms with E-state index in [4.69, 9.17) is 0 Å². The van der Waals surface area contributed by atoms with Crippen LogP contribution in [0.1, 0.15) is 22.5 Å². The molecule has 82 valence electrons. The lowest BCUT2D eigenvalue weighted by molar-refractivity contribution is 0.0477. The van der Waals surface area contributed by atoms with Crippen LogP contribution in [0.2, 0.25) is 0 Å². The van der Waals surface area contributed by atoms with E-state index in [1.807, 2.05) is 11.4 Å². The maximum Gasteiger partial charge on any atom is 0.265 e. The number of aliphatic hydroxyl groups excluding tert-OH is 1. The van der Waals surface area contributed by atoms with Crippen LogP contribution in [0, 0.1) is 0 Å². The summed E-state index contributed by atoms with van der Waals surface area (Å²) in [5.41, 5.74) is 0. The zero-order valence-corrected chi connectivity index (χ0v) is 10.6. The molecule has 3 nitrogen and oxygen atoms in total. The molecule has 2 heterocycles. The molecule has 1 atom stereocenters.